The molecule has 1 unspecified atom stereocenters. The number of benzene rings is 2. The number of hydrogen-bond donors (Lipinski definition) is 3. The van der Waals surface area contributed by atoms with E-state index in [2.05, 4.69) is 41.0 Å². The quantitative estimate of drug-likeness (QED) is 0.688. The normalized spacial score (nSPS) is 19.9. The number of likely N-dealkylation sites (tertiary alicyclic amines) is 1. The van der Waals surface area contributed by atoms with Crippen molar-refractivity contribution in [3.8, 4) is 0 Å². The molecule has 29 heavy (non-hydrogen) atoms. The minimum absolute atomic E-state index is 0.0740. The third-order valence-corrected chi connectivity index (χ3v) is 6.07. The van der Waals surface area contributed by atoms with Gasteiger partial charge in [-0.2, -0.15) is 0 Å². The molecule has 0 radical (unpaired) electrons. The van der Waals surface area contributed by atoms with Gasteiger partial charge in [0, 0.05) is 37.3 Å². The Hall–Kier alpha value is -2.53. The molecule has 2 aliphatic rings. The summed E-state index contributed by atoms with van der Waals surface area (Å²) < 4.78 is 0. The summed E-state index contributed by atoms with van der Waals surface area (Å²) in [5.41, 5.74) is 10.0. The lowest BCUT2D eigenvalue weighted by molar-refractivity contribution is 0.0791. The van der Waals surface area contributed by atoms with Gasteiger partial charge in [-0.1, -0.05) is 49.6 Å². The molecule has 1 atom stereocenters. The monoisotopic (exact) mass is 392 g/mol. The number of nitrogens with one attached hydrogen (secondary N) is 2. The van der Waals surface area contributed by atoms with Crippen molar-refractivity contribution in [3.05, 3.63) is 59.7 Å². The molecule has 2 aromatic carbocycles. The third kappa shape index (κ3) is 5.10. The maximum absolute atomic E-state index is 12.9. The highest BCUT2D eigenvalue weighted by atomic mass is 16.2. The average molecular weight is 393 g/mol. The van der Waals surface area contributed by atoms with E-state index in [0.717, 1.165) is 36.4 Å². The maximum Gasteiger partial charge on any atom is 0.253 e. The van der Waals surface area contributed by atoms with E-state index in [-0.39, 0.29) is 11.9 Å². The van der Waals surface area contributed by atoms with Crippen LogP contribution in [0.5, 0.6) is 0 Å². The molecule has 0 bridgehead atoms. The van der Waals surface area contributed by atoms with Crippen LogP contribution in [0.4, 0.5) is 11.4 Å². The molecule has 1 heterocycles. The highest BCUT2D eigenvalue weighted by Crippen LogP contribution is 2.29. The fraction of sp³-hybridized carbons (Fsp3) is 0.458. The van der Waals surface area contributed by atoms with Crippen LogP contribution in [0.3, 0.4) is 0 Å². The summed E-state index contributed by atoms with van der Waals surface area (Å²) in [5, 5.41) is 7.28. The summed E-state index contributed by atoms with van der Waals surface area (Å²) >= 11 is 0. The summed E-state index contributed by atoms with van der Waals surface area (Å²) in [6.45, 7) is 2.12. The molecule has 5 heteroatoms. The van der Waals surface area contributed by atoms with Gasteiger partial charge in [0.15, 0.2) is 0 Å². The third-order valence-electron chi connectivity index (χ3n) is 6.07. The first-order valence-corrected chi connectivity index (χ1v) is 10.9. The minimum Gasteiger partial charge on any atom is -0.381 e. The Bertz CT molecular complexity index is 817. The predicted molar refractivity (Wildman–Crippen MR) is 119 cm³/mol. The van der Waals surface area contributed by atoms with E-state index >= 15 is 0 Å². The number of nitrogens with two attached hydrogens (primary N) is 1. The van der Waals surface area contributed by atoms with E-state index in [1.807, 2.05) is 23.1 Å². The van der Waals surface area contributed by atoms with E-state index in [0.29, 0.717) is 12.6 Å². The number of carbonyl (C=O) groups excluding carboxylic acids is 1. The lowest BCUT2D eigenvalue weighted by Crippen LogP contribution is -2.32. The Kier molecular flexibility index (Phi) is 6.35. The number of hydrogen-bond acceptors (Lipinski definition) is 4. The van der Waals surface area contributed by atoms with Crippen molar-refractivity contribution in [1.82, 2.24) is 4.90 Å². The second kappa shape index (κ2) is 9.31. The standard InChI is InChI=1S/C24H32N4O/c25-20-13-14-28(17-20)24(29)19-11-12-22(27-21-9-5-2-6-10-21)23(15-19)26-16-18-7-3-1-4-8-18/h1,3-4,7-8,11-12,15,20-21,26-27H,2,5-6,9-10,13-14,16-17,25H2. The van der Waals surface area contributed by atoms with Gasteiger partial charge in [-0.05, 0) is 43.0 Å². The molecule has 0 spiro atoms. The van der Waals surface area contributed by atoms with Gasteiger partial charge in [0.25, 0.3) is 5.91 Å². The van der Waals surface area contributed by atoms with Crippen LogP contribution < -0.4 is 16.4 Å². The molecule has 1 saturated heterocycles. The molecule has 1 saturated carbocycles. The van der Waals surface area contributed by atoms with Crippen LogP contribution in [0.25, 0.3) is 0 Å². The molecule has 1 amide bonds. The largest absolute Gasteiger partial charge is 0.381 e. The van der Waals surface area contributed by atoms with Crippen LogP contribution in [0.15, 0.2) is 48.5 Å². The smallest absolute Gasteiger partial charge is 0.253 e. The van der Waals surface area contributed by atoms with Gasteiger partial charge in [0.1, 0.15) is 0 Å². The Morgan fingerprint density at radius 2 is 1.79 bits per heavy atom. The second-order valence-corrected chi connectivity index (χ2v) is 8.38. The van der Waals surface area contributed by atoms with E-state index in [1.54, 1.807) is 0 Å². The summed E-state index contributed by atoms with van der Waals surface area (Å²) in [6.07, 6.45) is 7.22. The van der Waals surface area contributed by atoms with Crippen LogP contribution >= 0.6 is 0 Å². The Labute approximate surface area is 173 Å². The fourth-order valence-corrected chi connectivity index (χ4v) is 4.36. The number of anilines is 2. The molecule has 4 N–H and O–H groups in total. The molecule has 2 fully saturated rings. The van der Waals surface area contributed by atoms with E-state index in [9.17, 15) is 4.79 Å². The molecule has 2 aromatic rings. The van der Waals surface area contributed by atoms with Gasteiger partial charge in [0.05, 0.1) is 11.4 Å². The molecule has 0 aromatic heterocycles. The van der Waals surface area contributed by atoms with Gasteiger partial charge >= 0.3 is 0 Å². The van der Waals surface area contributed by atoms with E-state index in [1.165, 1.54) is 37.7 Å². The van der Waals surface area contributed by atoms with Gasteiger partial charge in [0.2, 0.25) is 0 Å². The summed E-state index contributed by atoms with van der Waals surface area (Å²) in [7, 11) is 0. The van der Waals surface area contributed by atoms with Crippen molar-refractivity contribution in [1.29, 1.82) is 0 Å². The zero-order chi connectivity index (χ0) is 20.1. The molecular weight excluding hydrogens is 360 g/mol. The SMILES string of the molecule is NC1CCN(C(=O)c2ccc(NC3CCCCC3)c(NCc3ccccc3)c2)C1. The van der Waals surface area contributed by atoms with Crippen LogP contribution in [0.1, 0.15) is 54.4 Å². The molecular formula is C24H32N4O. The number of rotatable bonds is 6. The van der Waals surface area contributed by atoms with Gasteiger partial charge < -0.3 is 21.3 Å². The minimum atomic E-state index is 0.0740. The molecule has 5 nitrogen and oxygen atoms in total. The lowest BCUT2D eigenvalue weighted by atomic mass is 9.95. The first kappa shape index (κ1) is 19.8. The topological polar surface area (TPSA) is 70.4 Å². The van der Waals surface area contributed by atoms with Gasteiger partial charge in [-0.25, -0.2) is 0 Å². The number of carbonyl (C=O) groups is 1. The zero-order valence-electron chi connectivity index (χ0n) is 17.1. The molecule has 154 valence electrons. The van der Waals surface area contributed by atoms with Crippen molar-refractivity contribution >= 4 is 17.3 Å². The van der Waals surface area contributed by atoms with Gasteiger partial charge in [-0.3, -0.25) is 4.79 Å². The van der Waals surface area contributed by atoms with Crippen molar-refractivity contribution in [2.75, 3.05) is 23.7 Å². The first-order chi connectivity index (χ1) is 14.2. The lowest BCUT2D eigenvalue weighted by Gasteiger charge is -2.26. The maximum atomic E-state index is 12.9. The van der Waals surface area contributed by atoms with Crippen molar-refractivity contribution in [2.45, 2.75) is 57.2 Å². The average Bonchev–Trinajstić information content (AvgIpc) is 3.20. The van der Waals surface area contributed by atoms with Crippen molar-refractivity contribution in [3.63, 3.8) is 0 Å². The van der Waals surface area contributed by atoms with Crippen LogP contribution in [0.2, 0.25) is 0 Å². The fourth-order valence-electron chi connectivity index (χ4n) is 4.36. The Balaban J connectivity index is 1.53. The zero-order valence-corrected chi connectivity index (χ0v) is 17.1. The van der Waals surface area contributed by atoms with Crippen LogP contribution in [0, 0.1) is 0 Å². The first-order valence-electron chi connectivity index (χ1n) is 10.9. The summed E-state index contributed by atoms with van der Waals surface area (Å²) in [4.78, 5) is 14.8. The second-order valence-electron chi connectivity index (χ2n) is 8.38. The summed E-state index contributed by atoms with van der Waals surface area (Å²) in [5.74, 6) is 0.0740. The number of amides is 1. The predicted octanol–water partition coefficient (Wildman–Crippen LogP) is 4.22. The van der Waals surface area contributed by atoms with Crippen molar-refractivity contribution in [2.24, 2.45) is 5.73 Å². The Morgan fingerprint density at radius 3 is 2.52 bits per heavy atom. The number of nitrogens with zero attached hydrogens (tertiary/aromatic N) is 1. The van der Waals surface area contributed by atoms with Crippen LogP contribution in [-0.4, -0.2) is 36.0 Å². The van der Waals surface area contributed by atoms with Gasteiger partial charge in [-0.15, -0.1) is 0 Å². The van der Waals surface area contributed by atoms with E-state index < -0.39 is 0 Å². The van der Waals surface area contributed by atoms with Crippen LogP contribution in [-0.2, 0) is 6.54 Å². The highest BCUT2D eigenvalue weighted by Gasteiger charge is 2.25. The summed E-state index contributed by atoms with van der Waals surface area (Å²) in [6, 6.07) is 17.0. The molecule has 1 aliphatic carbocycles. The molecule has 1 aliphatic heterocycles. The molecule has 4 rings (SSSR count). The van der Waals surface area contributed by atoms with E-state index in [4.69, 9.17) is 5.73 Å². The Morgan fingerprint density at radius 1 is 1.00 bits per heavy atom. The van der Waals surface area contributed by atoms with Crippen molar-refractivity contribution < 1.29 is 4.79 Å². The highest BCUT2D eigenvalue weighted by molar-refractivity contribution is 5.96.